The predicted octanol–water partition coefficient (Wildman–Crippen LogP) is 5.28. The second kappa shape index (κ2) is 9.56. The van der Waals surface area contributed by atoms with Gasteiger partial charge in [-0.2, -0.15) is 5.10 Å². The highest BCUT2D eigenvalue weighted by Gasteiger charge is 2.31. The van der Waals surface area contributed by atoms with Crippen LogP contribution < -0.4 is 15.8 Å². The van der Waals surface area contributed by atoms with Gasteiger partial charge in [-0.25, -0.2) is 18.2 Å². The summed E-state index contributed by atoms with van der Waals surface area (Å²) in [6.07, 6.45) is -7.96. The van der Waals surface area contributed by atoms with Crippen molar-refractivity contribution in [2.75, 3.05) is 18.7 Å². The number of benzene rings is 1. The van der Waals surface area contributed by atoms with Crippen molar-refractivity contribution in [1.82, 2.24) is 20.1 Å². The number of ether oxygens (including phenoxy) is 1. The van der Waals surface area contributed by atoms with Crippen LogP contribution in [0.5, 0.6) is 5.75 Å². The monoisotopic (exact) mass is 493 g/mol. The Balaban J connectivity index is 1.74. The van der Waals surface area contributed by atoms with Crippen LogP contribution in [0.15, 0.2) is 36.8 Å². The first-order chi connectivity index (χ1) is 18.3. The fourth-order valence-electron chi connectivity index (χ4n) is 2.92. The van der Waals surface area contributed by atoms with Crippen LogP contribution in [0.25, 0.3) is 11.1 Å². The normalized spacial score (nSPS) is 25.8. The lowest BCUT2D eigenvalue weighted by Crippen LogP contribution is -2.29. The average Bonchev–Trinajstić information content (AvgIpc) is 3.29. The number of rotatable bonds is 6. The molecular formula is C21H20Cl2F3N5O. The first kappa shape index (κ1) is 14.6. The van der Waals surface area contributed by atoms with Gasteiger partial charge < -0.3 is 15.8 Å². The van der Waals surface area contributed by atoms with Crippen LogP contribution in [0.4, 0.5) is 19.0 Å². The van der Waals surface area contributed by atoms with Gasteiger partial charge in [-0.05, 0) is 43.9 Å². The molecule has 6 nitrogen and oxygen atoms in total. The lowest BCUT2D eigenvalue weighted by molar-refractivity contribution is 0.0107. The number of nitrogens with two attached hydrogens (primary N) is 1. The second-order valence-electron chi connectivity index (χ2n) is 6.51. The summed E-state index contributed by atoms with van der Waals surface area (Å²) in [4.78, 5) is 3.90. The number of hydrogen-bond acceptors (Lipinski definition) is 5. The van der Waals surface area contributed by atoms with Crippen molar-refractivity contribution in [3.05, 3.63) is 58.2 Å². The van der Waals surface area contributed by atoms with E-state index in [0.717, 1.165) is 29.2 Å². The molecule has 1 aliphatic heterocycles. The summed E-state index contributed by atoms with van der Waals surface area (Å²) < 4.78 is 113. The fourth-order valence-corrected chi connectivity index (χ4v) is 3.51. The van der Waals surface area contributed by atoms with Crippen molar-refractivity contribution in [1.29, 1.82) is 0 Å². The molecule has 0 bridgehead atoms. The van der Waals surface area contributed by atoms with Crippen molar-refractivity contribution in [3.8, 4) is 16.9 Å². The molecule has 4 rings (SSSR count). The summed E-state index contributed by atoms with van der Waals surface area (Å²) in [7, 11) is 0. The number of piperidine rings is 1. The second-order valence-corrected chi connectivity index (χ2v) is 7.30. The van der Waals surface area contributed by atoms with Gasteiger partial charge in [0.25, 0.3) is 6.43 Å². The van der Waals surface area contributed by atoms with Crippen LogP contribution in [0.1, 0.15) is 41.4 Å². The van der Waals surface area contributed by atoms with Gasteiger partial charge in [0.2, 0.25) is 0 Å². The molecule has 1 saturated heterocycles. The zero-order chi connectivity index (χ0) is 30.0. The van der Waals surface area contributed by atoms with Crippen molar-refractivity contribution in [3.63, 3.8) is 0 Å². The van der Waals surface area contributed by atoms with E-state index < -0.39 is 60.7 Å². The maximum absolute atomic E-state index is 14.0. The summed E-state index contributed by atoms with van der Waals surface area (Å²) in [6.45, 7) is -5.99. The standard InChI is InChI=1S/C21H20Cl2F3N5O/c22-14-1-2-15(24)18(23)17(14)19(20(25)26)32-16-7-11(8-29-21(16)27)12-9-30-31(10-12)13-3-5-28-6-4-13/h1-2,7-10,13,19-20,28H,3-6H2,(H2,27,29)/i3D2,4D2,5D2,6D2. The van der Waals surface area contributed by atoms with Crippen molar-refractivity contribution < 1.29 is 28.9 Å². The number of nitrogen functional groups attached to an aromatic ring is 1. The summed E-state index contributed by atoms with van der Waals surface area (Å²) in [6, 6.07) is 1.02. The Morgan fingerprint density at radius 3 is 2.69 bits per heavy atom. The minimum atomic E-state index is -3.24. The van der Waals surface area contributed by atoms with Crippen molar-refractivity contribution >= 4 is 29.0 Å². The van der Waals surface area contributed by atoms with Gasteiger partial charge >= 0.3 is 0 Å². The summed E-state index contributed by atoms with van der Waals surface area (Å²) in [5, 5.41) is 4.73. The largest absolute Gasteiger partial charge is 0.476 e. The highest BCUT2D eigenvalue weighted by Crippen LogP contribution is 2.39. The van der Waals surface area contributed by atoms with E-state index in [1.807, 2.05) is 0 Å². The Hall–Kier alpha value is -2.49. The Bertz CT molecular complexity index is 1420. The molecule has 0 aliphatic carbocycles. The molecular weight excluding hydrogens is 466 g/mol. The number of pyridine rings is 1. The molecule has 170 valence electrons. The molecule has 1 aromatic carbocycles. The Morgan fingerprint density at radius 1 is 1.22 bits per heavy atom. The third-order valence-electron chi connectivity index (χ3n) is 4.47. The van der Waals surface area contributed by atoms with E-state index in [1.165, 1.54) is 12.3 Å². The van der Waals surface area contributed by atoms with Crippen molar-refractivity contribution in [2.45, 2.75) is 31.3 Å². The van der Waals surface area contributed by atoms with E-state index in [-0.39, 0.29) is 27.7 Å². The molecule has 3 heterocycles. The topological polar surface area (TPSA) is 78.0 Å². The van der Waals surface area contributed by atoms with Gasteiger partial charge in [0, 0.05) is 45.1 Å². The van der Waals surface area contributed by atoms with Crippen LogP contribution in [0.3, 0.4) is 0 Å². The maximum Gasteiger partial charge on any atom is 0.279 e. The summed E-state index contributed by atoms with van der Waals surface area (Å²) in [5.41, 5.74) is 5.55. The Kier molecular flexibility index (Phi) is 4.37. The lowest BCUT2D eigenvalue weighted by Gasteiger charge is -2.22. The smallest absolute Gasteiger partial charge is 0.279 e. The van der Waals surface area contributed by atoms with Gasteiger partial charge in [-0.3, -0.25) is 4.68 Å². The van der Waals surface area contributed by atoms with E-state index >= 15 is 0 Å². The van der Waals surface area contributed by atoms with E-state index in [4.69, 9.17) is 44.6 Å². The first-order valence-electron chi connectivity index (χ1n) is 13.0. The lowest BCUT2D eigenvalue weighted by atomic mass is 10.1. The molecule has 11 heteroatoms. The van der Waals surface area contributed by atoms with Gasteiger partial charge in [0.1, 0.15) is 5.82 Å². The molecule has 32 heavy (non-hydrogen) atoms. The van der Waals surface area contributed by atoms with E-state index in [2.05, 4.69) is 10.1 Å². The summed E-state index contributed by atoms with van der Waals surface area (Å²) >= 11 is 11.9. The number of hydrogen-bond donors (Lipinski definition) is 2. The fraction of sp³-hybridized carbons (Fsp3) is 0.333. The first-order valence-corrected chi connectivity index (χ1v) is 9.75. The van der Waals surface area contributed by atoms with Crippen molar-refractivity contribution in [2.24, 2.45) is 0 Å². The van der Waals surface area contributed by atoms with Crippen LogP contribution >= 0.6 is 23.2 Å². The number of halogens is 5. The maximum atomic E-state index is 14.0. The number of nitrogens with zero attached hydrogens (tertiary/aromatic N) is 3. The van der Waals surface area contributed by atoms with E-state index in [9.17, 15) is 13.2 Å². The van der Waals surface area contributed by atoms with Crippen LogP contribution in [-0.4, -0.2) is 34.2 Å². The van der Waals surface area contributed by atoms with Gasteiger partial charge in [0.05, 0.1) is 17.3 Å². The van der Waals surface area contributed by atoms with Crippen LogP contribution in [-0.2, 0) is 0 Å². The highest BCUT2D eigenvalue weighted by atomic mass is 35.5. The molecule has 1 fully saturated rings. The number of anilines is 1. The number of aromatic nitrogens is 3. The molecule has 0 saturated carbocycles. The van der Waals surface area contributed by atoms with E-state index in [1.54, 1.807) is 5.32 Å². The Labute approximate surface area is 203 Å². The molecule has 0 amide bonds. The Morgan fingerprint density at radius 2 is 1.97 bits per heavy atom. The molecule has 1 aliphatic rings. The molecule has 3 N–H and O–H groups in total. The molecule has 0 radical (unpaired) electrons. The van der Waals surface area contributed by atoms with Crippen LogP contribution in [0.2, 0.25) is 10.0 Å². The summed E-state index contributed by atoms with van der Waals surface area (Å²) in [5.74, 6) is -1.72. The SMILES string of the molecule is [2H]C1([2H])NC([2H])([2H])C([2H])([2H])C(n2cc(-c3cnc(N)c(OC(c4c(Cl)ccc(F)c4Cl)C(F)F)c3)cn2)C1([2H])[2H]. The minimum Gasteiger partial charge on any atom is -0.476 e. The highest BCUT2D eigenvalue weighted by molar-refractivity contribution is 6.36. The molecule has 3 aromatic rings. The quantitative estimate of drug-likeness (QED) is 0.456. The third kappa shape index (κ3) is 4.65. The zero-order valence-electron chi connectivity index (χ0n) is 23.9. The number of nitrogens with one attached hydrogen (secondary N) is 1. The molecule has 0 spiro atoms. The van der Waals surface area contributed by atoms with Gasteiger partial charge in [-0.15, -0.1) is 0 Å². The predicted molar refractivity (Wildman–Crippen MR) is 117 cm³/mol. The van der Waals surface area contributed by atoms with Gasteiger partial charge in [0.15, 0.2) is 17.7 Å². The average molecular weight is 494 g/mol. The zero-order valence-corrected chi connectivity index (χ0v) is 17.4. The van der Waals surface area contributed by atoms with Gasteiger partial charge in [-0.1, -0.05) is 23.2 Å². The molecule has 1 unspecified atom stereocenters. The molecule has 2 aromatic heterocycles. The van der Waals surface area contributed by atoms with Crippen LogP contribution in [0, 0.1) is 5.82 Å². The van der Waals surface area contributed by atoms with E-state index in [0.29, 0.717) is 0 Å². The molecule has 1 atom stereocenters. The minimum absolute atomic E-state index is 0.124. The number of alkyl halides is 2. The third-order valence-corrected chi connectivity index (χ3v) is 5.18.